The van der Waals surface area contributed by atoms with Gasteiger partial charge in [0.1, 0.15) is 16.5 Å². The molecule has 3 aromatic rings. The van der Waals surface area contributed by atoms with Gasteiger partial charge in [0.25, 0.3) is 5.91 Å². The Labute approximate surface area is 169 Å². The zero-order valence-corrected chi connectivity index (χ0v) is 17.4. The summed E-state index contributed by atoms with van der Waals surface area (Å²) < 4.78 is 33.8. The minimum absolute atomic E-state index is 0.0735. The van der Waals surface area contributed by atoms with E-state index in [1.54, 1.807) is 0 Å². The number of amides is 1. The van der Waals surface area contributed by atoms with Crippen molar-refractivity contribution in [1.29, 1.82) is 0 Å². The Morgan fingerprint density at radius 2 is 1.97 bits per heavy atom. The SMILES string of the molecule is CNS(=O)(=O)c1cc(C(=O)NCCCn2c(C)nc3ccccc32)ccc1OC. The molecular formula is C20H24N4O4S. The second kappa shape index (κ2) is 8.62. The highest BCUT2D eigenvalue weighted by atomic mass is 32.2. The van der Waals surface area contributed by atoms with E-state index >= 15 is 0 Å². The number of nitrogens with zero attached hydrogens (tertiary/aromatic N) is 2. The molecule has 1 aromatic heterocycles. The summed E-state index contributed by atoms with van der Waals surface area (Å²) in [5.41, 5.74) is 2.27. The maximum atomic E-state index is 12.5. The maximum Gasteiger partial charge on any atom is 0.251 e. The van der Waals surface area contributed by atoms with Crippen LogP contribution in [0.5, 0.6) is 5.75 Å². The van der Waals surface area contributed by atoms with Gasteiger partial charge < -0.3 is 14.6 Å². The molecule has 0 unspecified atom stereocenters. The first-order valence-corrected chi connectivity index (χ1v) is 10.7. The van der Waals surface area contributed by atoms with Gasteiger partial charge in [0.15, 0.2) is 0 Å². The van der Waals surface area contributed by atoms with Gasteiger partial charge in [0, 0.05) is 18.7 Å². The summed E-state index contributed by atoms with van der Waals surface area (Å²) in [6.07, 6.45) is 0.713. The number of imidazole rings is 1. The molecule has 1 amide bonds. The van der Waals surface area contributed by atoms with E-state index in [1.165, 1.54) is 32.4 Å². The normalized spacial score (nSPS) is 11.6. The third-order valence-corrected chi connectivity index (χ3v) is 6.11. The van der Waals surface area contributed by atoms with Crippen LogP contribution < -0.4 is 14.8 Å². The number of sulfonamides is 1. The second-order valence-electron chi connectivity index (χ2n) is 6.48. The number of fused-ring (bicyclic) bond motifs is 1. The predicted molar refractivity (Wildman–Crippen MR) is 111 cm³/mol. The van der Waals surface area contributed by atoms with Crippen LogP contribution in [0.4, 0.5) is 0 Å². The van der Waals surface area contributed by atoms with Gasteiger partial charge in [-0.1, -0.05) is 12.1 Å². The largest absolute Gasteiger partial charge is 0.495 e. The van der Waals surface area contributed by atoms with Crippen LogP contribution in [0.3, 0.4) is 0 Å². The number of aromatic nitrogens is 2. The molecule has 0 aliphatic heterocycles. The lowest BCUT2D eigenvalue weighted by atomic mass is 10.2. The van der Waals surface area contributed by atoms with Crippen LogP contribution in [0, 0.1) is 6.92 Å². The van der Waals surface area contributed by atoms with Crippen molar-refractivity contribution in [3.63, 3.8) is 0 Å². The summed E-state index contributed by atoms with van der Waals surface area (Å²) in [6, 6.07) is 12.2. The van der Waals surface area contributed by atoms with Crippen molar-refractivity contribution >= 4 is 27.0 Å². The number of hydrogen-bond donors (Lipinski definition) is 2. The van der Waals surface area contributed by atoms with E-state index in [2.05, 4.69) is 19.6 Å². The number of para-hydroxylation sites is 2. The van der Waals surface area contributed by atoms with Crippen LogP contribution in [0.25, 0.3) is 11.0 Å². The molecule has 29 heavy (non-hydrogen) atoms. The average Bonchev–Trinajstić information content (AvgIpc) is 3.05. The summed E-state index contributed by atoms with van der Waals surface area (Å²) in [6.45, 7) is 3.12. The Morgan fingerprint density at radius 3 is 2.69 bits per heavy atom. The molecule has 0 saturated heterocycles. The van der Waals surface area contributed by atoms with Crippen molar-refractivity contribution in [2.75, 3.05) is 20.7 Å². The number of benzene rings is 2. The lowest BCUT2D eigenvalue weighted by molar-refractivity contribution is 0.0952. The lowest BCUT2D eigenvalue weighted by Gasteiger charge is -2.11. The smallest absolute Gasteiger partial charge is 0.251 e. The molecule has 9 heteroatoms. The molecule has 1 heterocycles. The third-order valence-electron chi connectivity index (χ3n) is 4.67. The number of methoxy groups -OCH3 is 1. The summed E-state index contributed by atoms with van der Waals surface area (Å²) >= 11 is 0. The summed E-state index contributed by atoms with van der Waals surface area (Å²) in [5, 5.41) is 2.83. The van der Waals surface area contributed by atoms with Crippen LogP contribution in [-0.2, 0) is 16.6 Å². The van der Waals surface area contributed by atoms with Crippen LogP contribution in [0.1, 0.15) is 22.6 Å². The molecule has 8 nitrogen and oxygen atoms in total. The zero-order valence-electron chi connectivity index (χ0n) is 16.6. The Hall–Kier alpha value is -2.91. The number of carbonyl (C=O) groups is 1. The molecule has 154 valence electrons. The van der Waals surface area contributed by atoms with E-state index in [0.717, 1.165) is 16.9 Å². The molecule has 2 aromatic carbocycles. The first-order chi connectivity index (χ1) is 13.9. The molecule has 0 spiro atoms. The standard InChI is InChI=1S/C20H24N4O4S/c1-14-23-16-7-4-5-8-17(16)24(14)12-6-11-22-20(25)15-9-10-18(28-3)19(13-15)29(26,27)21-2/h4-5,7-10,13,21H,6,11-12H2,1-3H3,(H,22,25). The van der Waals surface area contributed by atoms with Crippen LogP contribution in [-0.4, -0.2) is 44.6 Å². The summed E-state index contributed by atoms with van der Waals surface area (Å²) in [4.78, 5) is 16.9. The van der Waals surface area contributed by atoms with E-state index in [-0.39, 0.29) is 22.1 Å². The molecule has 0 fully saturated rings. The Kier molecular flexibility index (Phi) is 6.19. The number of nitrogens with one attached hydrogen (secondary N) is 2. The predicted octanol–water partition coefficient (Wildman–Crippen LogP) is 2.08. The molecule has 0 aliphatic rings. The highest BCUT2D eigenvalue weighted by molar-refractivity contribution is 7.89. The molecule has 0 radical (unpaired) electrons. The van der Waals surface area contributed by atoms with Gasteiger partial charge in [-0.2, -0.15) is 0 Å². The highest BCUT2D eigenvalue weighted by Gasteiger charge is 2.20. The van der Waals surface area contributed by atoms with Crippen molar-refractivity contribution in [3.05, 3.63) is 53.9 Å². The summed E-state index contributed by atoms with van der Waals surface area (Å²) in [7, 11) is -1.05. The van der Waals surface area contributed by atoms with Crippen molar-refractivity contribution < 1.29 is 17.9 Å². The lowest BCUT2D eigenvalue weighted by Crippen LogP contribution is -2.26. The van der Waals surface area contributed by atoms with Crippen molar-refractivity contribution in [1.82, 2.24) is 19.6 Å². The van der Waals surface area contributed by atoms with E-state index in [9.17, 15) is 13.2 Å². The van der Waals surface area contributed by atoms with Crippen LogP contribution in [0.15, 0.2) is 47.4 Å². The van der Waals surface area contributed by atoms with Gasteiger partial charge in [-0.25, -0.2) is 18.1 Å². The van der Waals surface area contributed by atoms with Gasteiger partial charge >= 0.3 is 0 Å². The molecule has 0 aliphatic carbocycles. The van der Waals surface area contributed by atoms with Crippen molar-refractivity contribution in [2.24, 2.45) is 0 Å². The fraction of sp³-hybridized carbons (Fsp3) is 0.300. The molecule has 0 bridgehead atoms. The van der Waals surface area contributed by atoms with E-state index < -0.39 is 10.0 Å². The number of aryl methyl sites for hydroxylation is 2. The first-order valence-electron chi connectivity index (χ1n) is 9.19. The van der Waals surface area contributed by atoms with Gasteiger partial charge in [0.05, 0.1) is 18.1 Å². The first kappa shape index (κ1) is 20.8. The number of carbonyl (C=O) groups excluding carboxylic acids is 1. The fourth-order valence-electron chi connectivity index (χ4n) is 3.16. The zero-order chi connectivity index (χ0) is 21.0. The molecular weight excluding hydrogens is 392 g/mol. The van der Waals surface area contributed by atoms with E-state index in [0.29, 0.717) is 19.5 Å². The Bertz CT molecular complexity index is 1140. The second-order valence-corrected chi connectivity index (χ2v) is 8.34. The number of ether oxygens (including phenoxy) is 1. The van der Waals surface area contributed by atoms with E-state index in [1.807, 2.05) is 31.2 Å². The topological polar surface area (TPSA) is 102 Å². The molecule has 3 rings (SSSR count). The van der Waals surface area contributed by atoms with Gasteiger partial charge in [0.2, 0.25) is 10.0 Å². The maximum absolute atomic E-state index is 12.5. The summed E-state index contributed by atoms with van der Waals surface area (Å²) in [5.74, 6) is 0.764. The fourth-order valence-corrected chi connectivity index (χ4v) is 4.08. The quantitative estimate of drug-likeness (QED) is 0.548. The Morgan fingerprint density at radius 1 is 1.21 bits per heavy atom. The third kappa shape index (κ3) is 4.41. The monoisotopic (exact) mass is 416 g/mol. The van der Waals surface area contributed by atoms with Crippen LogP contribution in [0.2, 0.25) is 0 Å². The molecule has 0 atom stereocenters. The minimum atomic E-state index is -3.74. The molecule has 2 N–H and O–H groups in total. The van der Waals surface area contributed by atoms with Gasteiger partial charge in [-0.15, -0.1) is 0 Å². The van der Waals surface area contributed by atoms with E-state index in [4.69, 9.17) is 4.74 Å². The van der Waals surface area contributed by atoms with Crippen molar-refractivity contribution in [2.45, 2.75) is 24.8 Å². The number of rotatable bonds is 8. The van der Waals surface area contributed by atoms with Crippen molar-refractivity contribution in [3.8, 4) is 5.75 Å². The highest BCUT2D eigenvalue weighted by Crippen LogP contribution is 2.24. The minimum Gasteiger partial charge on any atom is -0.495 e. The molecule has 0 saturated carbocycles. The van der Waals surface area contributed by atoms with Gasteiger partial charge in [-0.05, 0) is 50.7 Å². The Balaban J connectivity index is 1.65. The van der Waals surface area contributed by atoms with Gasteiger partial charge in [-0.3, -0.25) is 4.79 Å². The average molecular weight is 417 g/mol. The number of hydrogen-bond acceptors (Lipinski definition) is 5. The van der Waals surface area contributed by atoms with Crippen LogP contribution >= 0.6 is 0 Å².